The van der Waals surface area contributed by atoms with Gasteiger partial charge in [0.1, 0.15) is 5.52 Å². The van der Waals surface area contributed by atoms with E-state index in [4.69, 9.17) is 0 Å². The molecule has 5 rings (SSSR count). The van der Waals surface area contributed by atoms with E-state index >= 15 is 0 Å². The fourth-order valence-corrected chi connectivity index (χ4v) is 4.93. The van der Waals surface area contributed by atoms with E-state index in [1.807, 2.05) is 6.92 Å². The summed E-state index contributed by atoms with van der Waals surface area (Å²) < 4.78 is 55.6. The van der Waals surface area contributed by atoms with Crippen molar-refractivity contribution >= 4 is 16.9 Å². The summed E-state index contributed by atoms with van der Waals surface area (Å²) in [5.41, 5.74) is 1.69. The molecule has 3 aromatic heterocycles. The summed E-state index contributed by atoms with van der Waals surface area (Å²) >= 11 is 0. The summed E-state index contributed by atoms with van der Waals surface area (Å²) in [6, 6.07) is 8.34. The standard InChI is InChI=1S/C26H23F4N5O/c1-16-12-23(27)33-14-22(16)34-10-6-17(7-11-34)19-13-21-24(32-9-8-31-21)35(25(19)36)15-18-4-2-3-5-20(18)26(28,29)30/h2-5,8-9,12-14,17H,6-7,10-11,15H2,1H3. The van der Waals surface area contributed by atoms with Crippen molar-refractivity contribution in [3.63, 3.8) is 0 Å². The highest BCUT2D eigenvalue weighted by Crippen LogP contribution is 2.33. The number of hydrogen-bond acceptors (Lipinski definition) is 5. The molecular formula is C26H23F4N5O. The van der Waals surface area contributed by atoms with E-state index in [9.17, 15) is 22.4 Å². The van der Waals surface area contributed by atoms with Crippen LogP contribution in [0.15, 0.2) is 59.8 Å². The molecule has 1 aliphatic rings. The first-order valence-corrected chi connectivity index (χ1v) is 11.6. The third-order valence-corrected chi connectivity index (χ3v) is 6.72. The van der Waals surface area contributed by atoms with Gasteiger partial charge in [0.2, 0.25) is 5.95 Å². The number of nitrogens with zero attached hydrogens (tertiary/aromatic N) is 5. The molecule has 10 heteroatoms. The maximum atomic E-state index is 13.6. The van der Waals surface area contributed by atoms with Gasteiger partial charge in [0.15, 0.2) is 5.65 Å². The molecular weight excluding hydrogens is 474 g/mol. The SMILES string of the molecule is Cc1cc(F)ncc1N1CCC(c2cc3nccnc3n(Cc3ccccc3C(F)(F)F)c2=O)CC1. The molecule has 0 aliphatic carbocycles. The Bertz CT molecular complexity index is 1480. The van der Waals surface area contributed by atoms with Crippen LogP contribution in [0.25, 0.3) is 11.2 Å². The van der Waals surface area contributed by atoms with E-state index < -0.39 is 17.7 Å². The smallest absolute Gasteiger partial charge is 0.370 e. The van der Waals surface area contributed by atoms with Gasteiger partial charge in [-0.1, -0.05) is 18.2 Å². The van der Waals surface area contributed by atoms with Crippen molar-refractivity contribution in [2.45, 2.75) is 38.4 Å². The van der Waals surface area contributed by atoms with E-state index in [2.05, 4.69) is 19.9 Å². The van der Waals surface area contributed by atoms with E-state index in [1.165, 1.54) is 47.4 Å². The zero-order chi connectivity index (χ0) is 25.4. The first kappa shape index (κ1) is 23.9. The Morgan fingerprint density at radius 2 is 1.75 bits per heavy atom. The van der Waals surface area contributed by atoms with Gasteiger partial charge in [-0.15, -0.1) is 0 Å². The molecule has 0 atom stereocenters. The average Bonchev–Trinajstić information content (AvgIpc) is 2.85. The topological polar surface area (TPSA) is 63.9 Å². The zero-order valence-electron chi connectivity index (χ0n) is 19.5. The Hall–Kier alpha value is -3.82. The molecule has 1 aromatic carbocycles. The molecule has 0 saturated carbocycles. The number of anilines is 1. The number of alkyl halides is 3. The minimum absolute atomic E-state index is 0.00897. The van der Waals surface area contributed by atoms with Crippen molar-refractivity contribution in [2.24, 2.45) is 0 Å². The molecule has 186 valence electrons. The van der Waals surface area contributed by atoms with Crippen molar-refractivity contribution in [2.75, 3.05) is 18.0 Å². The minimum atomic E-state index is -4.54. The van der Waals surface area contributed by atoms with Crippen molar-refractivity contribution in [3.05, 3.63) is 93.5 Å². The van der Waals surface area contributed by atoms with Gasteiger partial charge in [0, 0.05) is 31.0 Å². The molecule has 0 unspecified atom stereocenters. The number of rotatable bonds is 4. The van der Waals surface area contributed by atoms with Crippen LogP contribution in [0.4, 0.5) is 23.2 Å². The first-order valence-electron chi connectivity index (χ1n) is 11.6. The van der Waals surface area contributed by atoms with Gasteiger partial charge in [-0.3, -0.25) is 14.3 Å². The third kappa shape index (κ3) is 4.55. The summed E-state index contributed by atoms with van der Waals surface area (Å²) in [6.07, 6.45) is 1.19. The third-order valence-electron chi connectivity index (χ3n) is 6.72. The van der Waals surface area contributed by atoms with Gasteiger partial charge in [-0.2, -0.15) is 17.6 Å². The van der Waals surface area contributed by atoms with E-state index in [0.29, 0.717) is 37.0 Å². The van der Waals surface area contributed by atoms with E-state index in [0.717, 1.165) is 17.3 Å². The summed E-state index contributed by atoms with van der Waals surface area (Å²) in [5.74, 6) is -0.631. The second-order valence-corrected chi connectivity index (χ2v) is 8.97. The fourth-order valence-electron chi connectivity index (χ4n) is 4.93. The van der Waals surface area contributed by atoms with Crippen molar-refractivity contribution in [1.29, 1.82) is 0 Å². The van der Waals surface area contributed by atoms with Gasteiger partial charge in [-0.25, -0.2) is 9.97 Å². The number of pyridine rings is 2. The van der Waals surface area contributed by atoms with Crippen LogP contribution in [-0.2, 0) is 12.7 Å². The van der Waals surface area contributed by atoms with Crippen LogP contribution in [0.2, 0.25) is 0 Å². The number of aromatic nitrogens is 4. The number of benzene rings is 1. The predicted octanol–water partition coefficient (Wildman–Crippen LogP) is 5.09. The van der Waals surface area contributed by atoms with Gasteiger partial charge in [0.25, 0.3) is 5.56 Å². The lowest BCUT2D eigenvalue weighted by Crippen LogP contribution is -2.36. The highest BCUT2D eigenvalue weighted by Gasteiger charge is 2.33. The second-order valence-electron chi connectivity index (χ2n) is 8.97. The van der Waals surface area contributed by atoms with Crippen LogP contribution in [0.1, 0.15) is 41.0 Å². The molecule has 36 heavy (non-hydrogen) atoms. The van der Waals surface area contributed by atoms with Gasteiger partial charge in [-0.05, 0) is 55.0 Å². The minimum Gasteiger partial charge on any atom is -0.370 e. The van der Waals surface area contributed by atoms with E-state index in [-0.39, 0.29) is 29.2 Å². The summed E-state index contributed by atoms with van der Waals surface area (Å²) in [6.45, 7) is 2.82. The number of piperidine rings is 1. The monoisotopic (exact) mass is 497 g/mol. The quantitative estimate of drug-likeness (QED) is 0.291. The largest absolute Gasteiger partial charge is 0.416 e. The van der Waals surface area contributed by atoms with Crippen molar-refractivity contribution < 1.29 is 17.6 Å². The molecule has 4 heterocycles. The van der Waals surface area contributed by atoms with Crippen LogP contribution in [0.3, 0.4) is 0 Å². The second kappa shape index (κ2) is 9.33. The molecule has 0 bridgehead atoms. The number of hydrogen-bond donors (Lipinski definition) is 0. The van der Waals surface area contributed by atoms with Crippen LogP contribution >= 0.6 is 0 Å². The average molecular weight is 497 g/mol. The van der Waals surface area contributed by atoms with Crippen molar-refractivity contribution in [3.8, 4) is 0 Å². The molecule has 4 aromatic rings. The highest BCUT2D eigenvalue weighted by atomic mass is 19.4. The maximum Gasteiger partial charge on any atom is 0.416 e. The molecule has 0 spiro atoms. The molecule has 1 fully saturated rings. The first-order chi connectivity index (χ1) is 17.2. The Morgan fingerprint density at radius 1 is 1.03 bits per heavy atom. The van der Waals surface area contributed by atoms with E-state index in [1.54, 1.807) is 6.07 Å². The Kier molecular flexibility index (Phi) is 6.19. The van der Waals surface area contributed by atoms with Crippen LogP contribution < -0.4 is 10.5 Å². The lowest BCUT2D eigenvalue weighted by molar-refractivity contribution is -0.138. The highest BCUT2D eigenvalue weighted by molar-refractivity contribution is 5.71. The number of fused-ring (bicyclic) bond motifs is 1. The molecule has 0 radical (unpaired) electrons. The number of aryl methyl sites for hydroxylation is 1. The molecule has 6 nitrogen and oxygen atoms in total. The van der Waals surface area contributed by atoms with Gasteiger partial charge >= 0.3 is 6.18 Å². The molecule has 0 N–H and O–H groups in total. The van der Waals surface area contributed by atoms with Crippen LogP contribution in [-0.4, -0.2) is 32.6 Å². The number of halogens is 4. The van der Waals surface area contributed by atoms with Crippen LogP contribution in [0, 0.1) is 12.9 Å². The van der Waals surface area contributed by atoms with Gasteiger partial charge in [0.05, 0.1) is 24.0 Å². The van der Waals surface area contributed by atoms with Gasteiger partial charge < -0.3 is 4.90 Å². The van der Waals surface area contributed by atoms with Crippen LogP contribution in [0.5, 0.6) is 0 Å². The maximum absolute atomic E-state index is 13.6. The molecule has 0 amide bonds. The molecule has 1 aliphatic heterocycles. The Morgan fingerprint density at radius 3 is 2.47 bits per heavy atom. The lowest BCUT2D eigenvalue weighted by atomic mass is 9.89. The lowest BCUT2D eigenvalue weighted by Gasteiger charge is -2.34. The Balaban J connectivity index is 1.49. The summed E-state index contributed by atoms with van der Waals surface area (Å²) in [5, 5.41) is 0. The summed E-state index contributed by atoms with van der Waals surface area (Å²) in [4.78, 5) is 28.1. The van der Waals surface area contributed by atoms with Crippen molar-refractivity contribution in [1.82, 2.24) is 19.5 Å². The normalized spacial score (nSPS) is 15.0. The predicted molar refractivity (Wildman–Crippen MR) is 127 cm³/mol. The summed E-state index contributed by atoms with van der Waals surface area (Å²) in [7, 11) is 0. The Labute approximate surface area is 204 Å². The zero-order valence-corrected chi connectivity index (χ0v) is 19.5. The fraction of sp³-hybridized carbons (Fsp3) is 0.308. The molecule has 1 saturated heterocycles.